The van der Waals surface area contributed by atoms with Crippen LogP contribution < -0.4 is 4.74 Å². The number of nitrogens with zero attached hydrogens (tertiary/aromatic N) is 1. The lowest BCUT2D eigenvalue weighted by Gasteiger charge is -2.28. The van der Waals surface area contributed by atoms with E-state index in [0.29, 0.717) is 19.0 Å². The van der Waals surface area contributed by atoms with E-state index in [9.17, 15) is 9.90 Å². The lowest BCUT2D eigenvalue weighted by atomic mass is 10.1. The second-order valence-electron chi connectivity index (χ2n) is 5.28. The highest BCUT2D eigenvalue weighted by atomic mass is 16.5. The molecule has 0 aromatic heterocycles. The molecule has 1 aliphatic carbocycles. The fourth-order valence-corrected chi connectivity index (χ4v) is 2.89. The standard InChI is InChI=1S/C16H23NO3/c1-20-15-8-4-5-13(11-15)12-16(19)17(9-10-18)14-6-2-3-7-14/h4-5,8,11,14,18H,2-3,6-7,9-10,12H2,1H3. The highest BCUT2D eigenvalue weighted by molar-refractivity contribution is 5.79. The van der Waals surface area contributed by atoms with Gasteiger partial charge in [-0.1, -0.05) is 25.0 Å². The first-order chi connectivity index (χ1) is 9.74. The van der Waals surface area contributed by atoms with Gasteiger partial charge in [0, 0.05) is 12.6 Å². The first kappa shape index (κ1) is 14.9. The Bertz CT molecular complexity index is 441. The maximum absolute atomic E-state index is 12.5. The van der Waals surface area contributed by atoms with Gasteiger partial charge in [0.25, 0.3) is 0 Å². The summed E-state index contributed by atoms with van der Waals surface area (Å²) >= 11 is 0. The summed E-state index contributed by atoms with van der Waals surface area (Å²) in [6.07, 6.45) is 4.85. The molecule has 0 bridgehead atoms. The SMILES string of the molecule is COc1cccc(CC(=O)N(CCO)C2CCCC2)c1. The number of methoxy groups -OCH3 is 1. The molecule has 2 rings (SSSR count). The van der Waals surface area contributed by atoms with Crippen molar-refractivity contribution in [3.05, 3.63) is 29.8 Å². The number of amides is 1. The topological polar surface area (TPSA) is 49.8 Å². The van der Waals surface area contributed by atoms with Crippen molar-refractivity contribution in [3.8, 4) is 5.75 Å². The molecule has 0 saturated heterocycles. The van der Waals surface area contributed by atoms with E-state index in [0.717, 1.165) is 24.2 Å². The fourth-order valence-electron chi connectivity index (χ4n) is 2.89. The van der Waals surface area contributed by atoms with Crippen LogP contribution in [0.4, 0.5) is 0 Å². The van der Waals surface area contributed by atoms with Gasteiger partial charge in [0.2, 0.25) is 5.91 Å². The average molecular weight is 277 g/mol. The monoisotopic (exact) mass is 277 g/mol. The van der Waals surface area contributed by atoms with Crippen molar-refractivity contribution in [2.24, 2.45) is 0 Å². The minimum Gasteiger partial charge on any atom is -0.497 e. The molecule has 1 aliphatic rings. The van der Waals surface area contributed by atoms with Gasteiger partial charge in [-0.25, -0.2) is 0 Å². The van der Waals surface area contributed by atoms with Gasteiger partial charge in [-0.2, -0.15) is 0 Å². The van der Waals surface area contributed by atoms with Crippen molar-refractivity contribution in [1.29, 1.82) is 0 Å². The number of hydrogen-bond acceptors (Lipinski definition) is 3. The van der Waals surface area contributed by atoms with Gasteiger partial charge < -0.3 is 14.7 Å². The van der Waals surface area contributed by atoms with Crippen LogP contribution in [0.15, 0.2) is 24.3 Å². The van der Waals surface area contributed by atoms with Crippen LogP contribution in [-0.4, -0.2) is 42.2 Å². The molecule has 0 aliphatic heterocycles. The molecule has 20 heavy (non-hydrogen) atoms. The first-order valence-electron chi connectivity index (χ1n) is 7.28. The van der Waals surface area contributed by atoms with Gasteiger partial charge in [-0.3, -0.25) is 4.79 Å². The van der Waals surface area contributed by atoms with Crippen LogP contribution in [0.3, 0.4) is 0 Å². The molecule has 1 aromatic rings. The molecule has 110 valence electrons. The zero-order valence-corrected chi connectivity index (χ0v) is 12.0. The van der Waals surface area contributed by atoms with Crippen molar-refractivity contribution in [2.45, 2.75) is 38.1 Å². The molecule has 0 radical (unpaired) electrons. The second kappa shape index (κ2) is 7.29. The van der Waals surface area contributed by atoms with E-state index in [1.807, 2.05) is 29.2 Å². The van der Waals surface area contributed by atoms with Gasteiger partial charge in [0.1, 0.15) is 5.75 Å². The first-order valence-corrected chi connectivity index (χ1v) is 7.28. The van der Waals surface area contributed by atoms with Crippen molar-refractivity contribution in [3.63, 3.8) is 0 Å². The van der Waals surface area contributed by atoms with Crippen molar-refractivity contribution in [2.75, 3.05) is 20.3 Å². The number of carbonyl (C=O) groups excluding carboxylic acids is 1. The number of aliphatic hydroxyl groups excluding tert-OH is 1. The normalized spacial score (nSPS) is 15.3. The minimum absolute atomic E-state index is 0.0281. The van der Waals surface area contributed by atoms with Gasteiger partial charge in [-0.05, 0) is 30.5 Å². The van der Waals surface area contributed by atoms with Gasteiger partial charge in [-0.15, -0.1) is 0 Å². The van der Waals surface area contributed by atoms with Crippen LogP contribution in [0.25, 0.3) is 0 Å². The third-order valence-electron chi connectivity index (χ3n) is 3.92. The minimum atomic E-state index is 0.0281. The molecule has 1 aromatic carbocycles. The van der Waals surface area contributed by atoms with Crippen LogP contribution in [0.2, 0.25) is 0 Å². The van der Waals surface area contributed by atoms with E-state index in [4.69, 9.17) is 4.74 Å². The summed E-state index contributed by atoms with van der Waals surface area (Å²) in [7, 11) is 1.62. The molecule has 4 nitrogen and oxygen atoms in total. The van der Waals surface area contributed by atoms with Crippen LogP contribution in [-0.2, 0) is 11.2 Å². The number of aliphatic hydroxyl groups is 1. The Kier molecular flexibility index (Phi) is 5.41. The Morgan fingerprint density at radius 3 is 2.80 bits per heavy atom. The molecule has 1 amide bonds. The molecule has 1 fully saturated rings. The fraction of sp³-hybridized carbons (Fsp3) is 0.562. The highest BCUT2D eigenvalue weighted by Gasteiger charge is 2.26. The van der Waals surface area contributed by atoms with E-state index in [1.54, 1.807) is 7.11 Å². The molecule has 4 heteroatoms. The average Bonchev–Trinajstić information content (AvgIpc) is 2.98. The molecule has 0 heterocycles. The summed E-state index contributed by atoms with van der Waals surface area (Å²) < 4.78 is 5.18. The summed E-state index contributed by atoms with van der Waals surface area (Å²) in [6, 6.07) is 7.90. The largest absolute Gasteiger partial charge is 0.497 e. The second-order valence-corrected chi connectivity index (χ2v) is 5.28. The molecule has 1 N–H and O–H groups in total. The summed E-state index contributed by atoms with van der Waals surface area (Å²) in [4.78, 5) is 14.3. The Morgan fingerprint density at radius 2 is 2.15 bits per heavy atom. The smallest absolute Gasteiger partial charge is 0.227 e. The molecule has 0 atom stereocenters. The highest BCUT2D eigenvalue weighted by Crippen LogP contribution is 2.24. The van der Waals surface area contributed by atoms with Gasteiger partial charge in [0.05, 0.1) is 20.1 Å². The number of hydrogen-bond donors (Lipinski definition) is 1. The quantitative estimate of drug-likeness (QED) is 0.865. The van der Waals surface area contributed by atoms with E-state index < -0.39 is 0 Å². The lowest BCUT2D eigenvalue weighted by Crippen LogP contribution is -2.41. The van der Waals surface area contributed by atoms with E-state index >= 15 is 0 Å². The Morgan fingerprint density at radius 1 is 1.40 bits per heavy atom. The van der Waals surface area contributed by atoms with Gasteiger partial charge >= 0.3 is 0 Å². The van der Waals surface area contributed by atoms with Crippen molar-refractivity contribution < 1.29 is 14.6 Å². The zero-order chi connectivity index (χ0) is 14.4. The molecular formula is C16H23NO3. The molecule has 0 unspecified atom stereocenters. The van der Waals surface area contributed by atoms with Gasteiger partial charge in [0.15, 0.2) is 0 Å². The Balaban J connectivity index is 2.03. The van der Waals surface area contributed by atoms with Crippen LogP contribution in [0.1, 0.15) is 31.2 Å². The van der Waals surface area contributed by atoms with Crippen molar-refractivity contribution >= 4 is 5.91 Å². The zero-order valence-electron chi connectivity index (χ0n) is 12.0. The van der Waals surface area contributed by atoms with Crippen LogP contribution >= 0.6 is 0 Å². The number of benzene rings is 1. The van der Waals surface area contributed by atoms with E-state index in [-0.39, 0.29) is 12.5 Å². The number of ether oxygens (including phenoxy) is 1. The summed E-state index contributed by atoms with van der Waals surface area (Å²) in [5, 5.41) is 9.18. The van der Waals surface area contributed by atoms with E-state index in [1.165, 1.54) is 12.8 Å². The molecular weight excluding hydrogens is 254 g/mol. The Hall–Kier alpha value is -1.55. The Labute approximate surface area is 120 Å². The maximum atomic E-state index is 12.5. The third kappa shape index (κ3) is 3.73. The summed E-state index contributed by atoms with van der Waals surface area (Å²) in [6.45, 7) is 0.466. The predicted molar refractivity (Wildman–Crippen MR) is 77.8 cm³/mol. The maximum Gasteiger partial charge on any atom is 0.227 e. The van der Waals surface area contributed by atoms with Crippen molar-refractivity contribution in [1.82, 2.24) is 4.90 Å². The summed E-state index contributed by atoms with van der Waals surface area (Å²) in [5.41, 5.74) is 0.954. The predicted octanol–water partition coefficient (Wildman–Crippen LogP) is 2.00. The third-order valence-corrected chi connectivity index (χ3v) is 3.92. The molecule has 1 saturated carbocycles. The number of rotatable bonds is 6. The van der Waals surface area contributed by atoms with Crippen LogP contribution in [0, 0.1) is 0 Å². The van der Waals surface area contributed by atoms with E-state index in [2.05, 4.69) is 0 Å². The summed E-state index contributed by atoms with van der Waals surface area (Å²) in [5.74, 6) is 0.865. The number of carbonyl (C=O) groups is 1. The molecule has 0 spiro atoms. The lowest BCUT2D eigenvalue weighted by molar-refractivity contribution is -0.133. The van der Waals surface area contributed by atoms with Crippen LogP contribution in [0.5, 0.6) is 5.75 Å².